The number of hydrogen-bond donors (Lipinski definition) is 1. The smallest absolute Gasteiger partial charge is 0.383 e. The number of aromatic nitrogens is 2. The zero-order valence-corrected chi connectivity index (χ0v) is 18.1. The van der Waals surface area contributed by atoms with Crippen LogP contribution in [0.5, 0.6) is 0 Å². The highest BCUT2D eigenvalue weighted by atomic mass is 35.5. The van der Waals surface area contributed by atoms with Gasteiger partial charge in [-0.1, -0.05) is 72.3 Å². The van der Waals surface area contributed by atoms with Crippen molar-refractivity contribution in [1.29, 1.82) is 0 Å². The number of nitrogens with zero attached hydrogens (tertiary/aromatic N) is 1. The molecule has 1 N–H and O–H groups in total. The monoisotopic (exact) mass is 466 g/mol. The zero-order chi connectivity index (χ0) is 23.2. The maximum Gasteiger partial charge on any atom is 0.383 e. The van der Waals surface area contributed by atoms with Crippen molar-refractivity contribution in [3.63, 3.8) is 0 Å². The predicted molar refractivity (Wildman–Crippen MR) is 120 cm³/mol. The molecular formula is C24H19ClN2O6. The van der Waals surface area contributed by atoms with Gasteiger partial charge in [0, 0.05) is 12.7 Å². The summed E-state index contributed by atoms with van der Waals surface area (Å²) in [5, 5.41) is -0.139. The number of esters is 1. The number of cyclic esters (lactones) is 1. The molecule has 0 saturated heterocycles. The SMILES string of the molecule is O=C1O/C(=C\Cn2cc(Cl)c(=O)[nH]c2=O)C(OCc2ccccc2)=C1OCc1ccccc1. The van der Waals surface area contributed by atoms with Crippen LogP contribution in [0.3, 0.4) is 0 Å². The molecule has 0 atom stereocenters. The van der Waals surface area contributed by atoms with Crippen molar-refractivity contribution >= 4 is 17.6 Å². The van der Waals surface area contributed by atoms with Crippen LogP contribution in [0, 0.1) is 0 Å². The Morgan fingerprint density at radius 3 is 2.06 bits per heavy atom. The van der Waals surface area contributed by atoms with Gasteiger partial charge in [-0.15, -0.1) is 0 Å². The Hall–Kier alpha value is -4.04. The van der Waals surface area contributed by atoms with E-state index in [2.05, 4.69) is 4.98 Å². The van der Waals surface area contributed by atoms with E-state index in [4.69, 9.17) is 25.8 Å². The first-order chi connectivity index (χ1) is 16.0. The summed E-state index contributed by atoms with van der Waals surface area (Å²) in [6.07, 6.45) is 2.69. The highest BCUT2D eigenvalue weighted by molar-refractivity contribution is 6.30. The van der Waals surface area contributed by atoms with Crippen LogP contribution in [0.1, 0.15) is 11.1 Å². The fourth-order valence-electron chi connectivity index (χ4n) is 3.05. The lowest BCUT2D eigenvalue weighted by atomic mass is 10.2. The molecule has 33 heavy (non-hydrogen) atoms. The molecule has 1 aromatic heterocycles. The Kier molecular flexibility index (Phi) is 6.75. The van der Waals surface area contributed by atoms with Crippen LogP contribution < -0.4 is 11.2 Å². The molecule has 4 rings (SSSR count). The molecule has 0 bridgehead atoms. The molecule has 0 radical (unpaired) electrons. The van der Waals surface area contributed by atoms with Gasteiger partial charge >= 0.3 is 11.7 Å². The van der Waals surface area contributed by atoms with E-state index < -0.39 is 17.2 Å². The van der Waals surface area contributed by atoms with Crippen LogP contribution in [0.4, 0.5) is 0 Å². The fraction of sp³-hybridized carbons (Fsp3) is 0.125. The minimum absolute atomic E-state index is 0.0257. The lowest BCUT2D eigenvalue weighted by Crippen LogP contribution is -2.29. The van der Waals surface area contributed by atoms with Gasteiger partial charge in [-0.05, 0) is 17.2 Å². The first-order valence-electron chi connectivity index (χ1n) is 10.0. The number of benzene rings is 2. The summed E-state index contributed by atoms with van der Waals surface area (Å²) in [6.45, 7) is 0.292. The lowest BCUT2D eigenvalue weighted by molar-refractivity contribution is -0.136. The predicted octanol–water partition coefficient (Wildman–Crippen LogP) is 3.28. The number of nitrogens with one attached hydrogen (secondary N) is 1. The molecule has 0 fully saturated rings. The molecular weight excluding hydrogens is 448 g/mol. The second-order valence-electron chi connectivity index (χ2n) is 7.05. The minimum atomic E-state index is -0.702. The molecule has 2 aromatic carbocycles. The van der Waals surface area contributed by atoms with Gasteiger partial charge in [0.15, 0.2) is 5.76 Å². The average Bonchev–Trinajstić information content (AvgIpc) is 3.13. The Morgan fingerprint density at radius 2 is 1.45 bits per heavy atom. The Labute approximate surface area is 193 Å². The van der Waals surface area contributed by atoms with E-state index in [1.807, 2.05) is 60.7 Å². The molecule has 0 spiro atoms. The van der Waals surface area contributed by atoms with Gasteiger partial charge in [0.2, 0.25) is 5.76 Å². The summed E-state index contributed by atoms with van der Waals surface area (Å²) in [6, 6.07) is 18.8. The molecule has 1 aliphatic heterocycles. The summed E-state index contributed by atoms with van der Waals surface area (Å²) in [5.41, 5.74) is 0.421. The van der Waals surface area contributed by atoms with Gasteiger partial charge in [-0.2, -0.15) is 0 Å². The number of aromatic amines is 1. The van der Waals surface area contributed by atoms with Crippen LogP contribution >= 0.6 is 11.6 Å². The van der Waals surface area contributed by atoms with Gasteiger partial charge < -0.3 is 14.2 Å². The molecule has 0 aliphatic carbocycles. The van der Waals surface area contributed by atoms with E-state index in [0.717, 1.165) is 11.1 Å². The van der Waals surface area contributed by atoms with Crippen LogP contribution in [-0.4, -0.2) is 15.5 Å². The van der Waals surface area contributed by atoms with E-state index in [-0.39, 0.29) is 42.1 Å². The summed E-state index contributed by atoms with van der Waals surface area (Å²) < 4.78 is 18.2. The molecule has 168 valence electrons. The third-order valence-corrected chi connectivity index (χ3v) is 4.98. The van der Waals surface area contributed by atoms with Gasteiger partial charge in [0.1, 0.15) is 18.2 Å². The topological polar surface area (TPSA) is 99.6 Å². The van der Waals surface area contributed by atoms with Crippen LogP contribution in [0.15, 0.2) is 99.8 Å². The summed E-state index contributed by atoms with van der Waals surface area (Å²) in [4.78, 5) is 38.1. The molecule has 9 heteroatoms. The zero-order valence-electron chi connectivity index (χ0n) is 17.3. The molecule has 0 unspecified atom stereocenters. The fourth-order valence-corrected chi connectivity index (χ4v) is 3.22. The Balaban J connectivity index is 1.61. The van der Waals surface area contributed by atoms with Crippen LogP contribution in [0.2, 0.25) is 5.02 Å². The number of halogens is 1. The summed E-state index contributed by atoms with van der Waals surface area (Å²) in [7, 11) is 0. The maximum absolute atomic E-state index is 12.5. The normalized spacial score (nSPS) is 14.5. The second-order valence-corrected chi connectivity index (χ2v) is 7.46. The minimum Gasteiger partial charge on any atom is -0.481 e. The van der Waals surface area contributed by atoms with Gasteiger partial charge in [0.25, 0.3) is 11.3 Å². The highest BCUT2D eigenvalue weighted by Crippen LogP contribution is 2.30. The molecule has 1 aliphatic rings. The van der Waals surface area contributed by atoms with Crippen molar-refractivity contribution in [3.8, 4) is 0 Å². The van der Waals surface area contributed by atoms with E-state index in [0.29, 0.717) is 0 Å². The maximum atomic E-state index is 12.5. The Morgan fingerprint density at radius 1 is 0.879 bits per heavy atom. The average molecular weight is 467 g/mol. The first kappa shape index (κ1) is 22.2. The molecule has 8 nitrogen and oxygen atoms in total. The van der Waals surface area contributed by atoms with Gasteiger partial charge in [0.05, 0.1) is 0 Å². The van der Waals surface area contributed by atoms with Crippen molar-refractivity contribution in [2.75, 3.05) is 0 Å². The molecule has 0 amide bonds. The third kappa shape index (κ3) is 5.42. The lowest BCUT2D eigenvalue weighted by Gasteiger charge is -2.10. The van der Waals surface area contributed by atoms with Crippen LogP contribution in [-0.2, 0) is 38.8 Å². The van der Waals surface area contributed by atoms with E-state index in [1.54, 1.807) is 0 Å². The summed E-state index contributed by atoms with van der Waals surface area (Å²) in [5.74, 6) is -0.531. The largest absolute Gasteiger partial charge is 0.481 e. The van der Waals surface area contributed by atoms with E-state index >= 15 is 0 Å². The molecule has 0 saturated carbocycles. The van der Waals surface area contributed by atoms with E-state index in [9.17, 15) is 14.4 Å². The Bertz CT molecular complexity index is 1330. The number of rotatable bonds is 8. The van der Waals surface area contributed by atoms with Crippen molar-refractivity contribution in [2.45, 2.75) is 19.8 Å². The highest BCUT2D eigenvalue weighted by Gasteiger charge is 2.34. The van der Waals surface area contributed by atoms with Gasteiger partial charge in [-0.25, -0.2) is 9.59 Å². The standard InChI is InChI=1S/C24H19ClN2O6/c25-18-13-27(24(30)26-22(18)28)12-11-19-20(31-14-16-7-3-1-4-8-16)21(23(29)33-19)32-15-17-9-5-2-6-10-17/h1-11,13H,12,14-15H2,(H,26,28,30)/b19-11-. The van der Waals surface area contributed by atoms with E-state index in [1.165, 1.54) is 16.8 Å². The van der Waals surface area contributed by atoms with Crippen molar-refractivity contribution in [3.05, 3.63) is 127 Å². The quantitative estimate of drug-likeness (QED) is 0.511. The first-order valence-corrected chi connectivity index (χ1v) is 10.4. The molecule has 3 aromatic rings. The molecule has 2 heterocycles. The van der Waals surface area contributed by atoms with Gasteiger partial charge in [-0.3, -0.25) is 14.3 Å². The number of carbonyl (C=O) groups is 1. The van der Waals surface area contributed by atoms with Crippen molar-refractivity contribution in [1.82, 2.24) is 9.55 Å². The number of H-pyrrole nitrogens is 1. The van der Waals surface area contributed by atoms with Crippen LogP contribution in [0.25, 0.3) is 0 Å². The van der Waals surface area contributed by atoms with Crippen molar-refractivity contribution in [2.24, 2.45) is 0 Å². The number of ether oxygens (including phenoxy) is 3. The number of allylic oxidation sites excluding steroid dienone is 1. The van der Waals surface area contributed by atoms with Crippen molar-refractivity contribution < 1.29 is 19.0 Å². The third-order valence-electron chi connectivity index (χ3n) is 4.71. The number of carbonyl (C=O) groups excluding carboxylic acids is 1. The number of hydrogen-bond acceptors (Lipinski definition) is 6. The summed E-state index contributed by atoms with van der Waals surface area (Å²) >= 11 is 5.81. The second kappa shape index (κ2) is 10.1.